The van der Waals surface area contributed by atoms with Gasteiger partial charge in [-0.2, -0.15) is 0 Å². The molecular weight excluding hydrogens is 403 g/mol. The van der Waals surface area contributed by atoms with Crippen molar-refractivity contribution in [1.29, 1.82) is 0 Å². The fourth-order valence-electron chi connectivity index (χ4n) is 2.02. The van der Waals surface area contributed by atoms with Gasteiger partial charge in [-0.3, -0.25) is 0 Å². The number of halogens is 2. The van der Waals surface area contributed by atoms with E-state index in [1.807, 2.05) is 37.3 Å². The largest absolute Gasteiger partial charge is 0.384 e. The summed E-state index contributed by atoms with van der Waals surface area (Å²) < 4.78 is 2.06. The van der Waals surface area contributed by atoms with Crippen molar-refractivity contribution in [1.82, 2.24) is 0 Å². The van der Waals surface area contributed by atoms with Gasteiger partial charge in [0, 0.05) is 13.6 Å². The highest BCUT2D eigenvalue weighted by Crippen LogP contribution is 2.31. The second kappa shape index (κ2) is 5.72. The molecule has 0 fully saturated rings. The minimum Gasteiger partial charge on any atom is -0.384 e. The maximum absolute atomic E-state index is 10.5. The van der Waals surface area contributed by atoms with Gasteiger partial charge < -0.3 is 5.11 Å². The van der Waals surface area contributed by atoms with Gasteiger partial charge in [0.1, 0.15) is 6.10 Å². The maximum atomic E-state index is 10.5. The third kappa shape index (κ3) is 2.95. The fourth-order valence-corrected chi connectivity index (χ4v) is 3.00. The first-order valence-electron chi connectivity index (χ1n) is 5.69. The van der Waals surface area contributed by atoms with Crippen molar-refractivity contribution >= 4 is 38.5 Å². The highest BCUT2D eigenvalue weighted by Gasteiger charge is 2.16. The lowest BCUT2D eigenvalue weighted by molar-refractivity contribution is 0.218. The number of hydrogen-bond acceptors (Lipinski definition) is 1. The lowest BCUT2D eigenvalue weighted by Crippen LogP contribution is -2.03. The van der Waals surface area contributed by atoms with Crippen LogP contribution < -0.4 is 0 Å². The Morgan fingerprint density at radius 2 is 1.78 bits per heavy atom. The van der Waals surface area contributed by atoms with Gasteiger partial charge >= 0.3 is 0 Å². The van der Waals surface area contributed by atoms with Crippen LogP contribution >= 0.6 is 38.5 Å². The summed E-state index contributed by atoms with van der Waals surface area (Å²) in [6.07, 6.45) is -0.588. The molecule has 3 heteroatoms. The van der Waals surface area contributed by atoms with Crippen LogP contribution in [0.1, 0.15) is 28.4 Å². The van der Waals surface area contributed by atoms with Crippen LogP contribution in [0.5, 0.6) is 0 Å². The molecule has 1 nitrogen and oxygen atoms in total. The Morgan fingerprint density at radius 3 is 2.44 bits per heavy atom. The molecule has 0 saturated carbocycles. The average molecular weight is 417 g/mol. The maximum Gasteiger partial charge on any atom is 0.105 e. The zero-order valence-electron chi connectivity index (χ0n) is 10.2. The van der Waals surface area contributed by atoms with E-state index in [1.165, 1.54) is 5.56 Å². The third-order valence-electron chi connectivity index (χ3n) is 2.97. The van der Waals surface area contributed by atoms with Gasteiger partial charge in [0.05, 0.1) is 0 Å². The normalized spacial score (nSPS) is 12.5. The van der Waals surface area contributed by atoms with Crippen molar-refractivity contribution in [2.24, 2.45) is 0 Å². The molecule has 1 atom stereocenters. The van der Waals surface area contributed by atoms with Crippen molar-refractivity contribution in [3.63, 3.8) is 0 Å². The molecule has 2 rings (SSSR count). The number of aryl methyl sites for hydroxylation is 2. The minimum absolute atomic E-state index is 0.588. The smallest absolute Gasteiger partial charge is 0.105 e. The van der Waals surface area contributed by atoms with E-state index in [0.29, 0.717) is 0 Å². The molecular formula is C15H14BrIO. The van der Waals surface area contributed by atoms with E-state index in [9.17, 15) is 5.11 Å². The molecule has 0 radical (unpaired) electrons. The van der Waals surface area contributed by atoms with Crippen molar-refractivity contribution in [3.05, 3.63) is 66.7 Å². The van der Waals surface area contributed by atoms with Crippen LogP contribution in [0.2, 0.25) is 0 Å². The molecule has 2 aromatic carbocycles. The van der Waals surface area contributed by atoms with Gasteiger partial charge in [0.2, 0.25) is 0 Å². The zero-order valence-corrected chi connectivity index (χ0v) is 14.0. The molecule has 0 saturated heterocycles. The van der Waals surface area contributed by atoms with E-state index in [2.05, 4.69) is 51.5 Å². The van der Waals surface area contributed by atoms with Crippen LogP contribution in [-0.2, 0) is 0 Å². The van der Waals surface area contributed by atoms with E-state index >= 15 is 0 Å². The fraction of sp³-hybridized carbons (Fsp3) is 0.200. The number of rotatable bonds is 2. The molecule has 0 aliphatic heterocycles. The Hall–Kier alpha value is -0.390. The zero-order chi connectivity index (χ0) is 13.3. The summed E-state index contributed by atoms with van der Waals surface area (Å²) >= 11 is 5.76. The van der Waals surface area contributed by atoms with E-state index in [4.69, 9.17) is 0 Å². The van der Waals surface area contributed by atoms with Gasteiger partial charge in [0.15, 0.2) is 0 Å². The number of aliphatic hydroxyl groups is 1. The second-order valence-corrected chi connectivity index (χ2v) is 6.53. The highest BCUT2D eigenvalue weighted by atomic mass is 127. The molecule has 0 aliphatic carbocycles. The van der Waals surface area contributed by atoms with Gasteiger partial charge in [0.25, 0.3) is 0 Å². The summed E-state index contributed by atoms with van der Waals surface area (Å²) in [5, 5.41) is 10.5. The SMILES string of the molecule is Cc1ccc(C(O)c2cc(I)ccc2Br)c(C)c1. The van der Waals surface area contributed by atoms with Crippen LogP contribution in [0.4, 0.5) is 0 Å². The Balaban J connectivity index is 2.47. The van der Waals surface area contributed by atoms with E-state index in [1.54, 1.807) is 0 Å². The summed E-state index contributed by atoms with van der Waals surface area (Å²) in [4.78, 5) is 0. The van der Waals surface area contributed by atoms with Gasteiger partial charge in [-0.15, -0.1) is 0 Å². The predicted molar refractivity (Wildman–Crippen MR) is 86.8 cm³/mol. The molecule has 1 unspecified atom stereocenters. The molecule has 1 N–H and O–H groups in total. The van der Waals surface area contributed by atoms with Gasteiger partial charge in [-0.1, -0.05) is 39.7 Å². The Kier molecular flexibility index (Phi) is 4.45. The van der Waals surface area contributed by atoms with Gasteiger partial charge in [-0.25, -0.2) is 0 Å². The van der Waals surface area contributed by atoms with Gasteiger partial charge in [-0.05, 0) is 65.8 Å². The monoisotopic (exact) mass is 416 g/mol. The second-order valence-electron chi connectivity index (χ2n) is 4.43. The standard InChI is InChI=1S/C15H14BrIO/c1-9-3-5-12(10(2)7-9)15(18)13-8-11(17)4-6-14(13)16/h3-8,15,18H,1-2H3. The first-order chi connectivity index (χ1) is 8.49. The molecule has 18 heavy (non-hydrogen) atoms. The van der Waals surface area contributed by atoms with Crippen LogP contribution in [0, 0.1) is 17.4 Å². The highest BCUT2D eigenvalue weighted by molar-refractivity contribution is 14.1. The van der Waals surface area contributed by atoms with Crippen LogP contribution in [-0.4, -0.2) is 5.11 Å². The first kappa shape index (κ1) is 14.0. The lowest BCUT2D eigenvalue weighted by atomic mass is 9.96. The average Bonchev–Trinajstić information content (AvgIpc) is 2.31. The summed E-state index contributed by atoms with van der Waals surface area (Å²) in [6.45, 7) is 4.10. The predicted octanol–water partition coefficient (Wildman–Crippen LogP) is 4.75. The Bertz CT molecular complexity index is 581. The van der Waals surface area contributed by atoms with Crippen LogP contribution in [0.25, 0.3) is 0 Å². The molecule has 0 spiro atoms. The number of benzene rings is 2. The van der Waals surface area contributed by atoms with Crippen molar-refractivity contribution in [3.8, 4) is 0 Å². The molecule has 0 bridgehead atoms. The Labute approximate surface area is 130 Å². The molecule has 0 aliphatic rings. The topological polar surface area (TPSA) is 20.2 Å². The number of hydrogen-bond donors (Lipinski definition) is 1. The third-order valence-corrected chi connectivity index (χ3v) is 4.37. The first-order valence-corrected chi connectivity index (χ1v) is 7.56. The molecule has 0 amide bonds. The van der Waals surface area contributed by atoms with E-state index < -0.39 is 6.10 Å². The van der Waals surface area contributed by atoms with Crippen LogP contribution in [0.3, 0.4) is 0 Å². The summed E-state index contributed by atoms with van der Waals surface area (Å²) in [7, 11) is 0. The molecule has 0 aromatic heterocycles. The Morgan fingerprint density at radius 1 is 1.06 bits per heavy atom. The van der Waals surface area contributed by atoms with Crippen molar-refractivity contribution in [2.75, 3.05) is 0 Å². The van der Waals surface area contributed by atoms with Crippen molar-refractivity contribution < 1.29 is 5.11 Å². The number of aliphatic hydroxyl groups excluding tert-OH is 1. The molecule has 2 aromatic rings. The van der Waals surface area contributed by atoms with Crippen LogP contribution in [0.15, 0.2) is 40.9 Å². The lowest BCUT2D eigenvalue weighted by Gasteiger charge is -2.16. The molecule has 0 heterocycles. The summed E-state index contributed by atoms with van der Waals surface area (Å²) in [5.74, 6) is 0. The quantitative estimate of drug-likeness (QED) is 0.700. The van der Waals surface area contributed by atoms with E-state index in [-0.39, 0.29) is 0 Å². The molecule has 94 valence electrons. The summed E-state index contributed by atoms with van der Waals surface area (Å²) in [5.41, 5.74) is 4.20. The van der Waals surface area contributed by atoms with E-state index in [0.717, 1.165) is 24.7 Å². The van der Waals surface area contributed by atoms with Crippen molar-refractivity contribution in [2.45, 2.75) is 20.0 Å². The summed E-state index contributed by atoms with van der Waals surface area (Å²) in [6, 6.07) is 12.1. The minimum atomic E-state index is -0.588.